The molecule has 0 saturated carbocycles. The Kier molecular flexibility index (Phi) is 6.50. The second-order valence-corrected chi connectivity index (χ2v) is 7.56. The zero-order valence-corrected chi connectivity index (χ0v) is 16.9. The maximum atomic E-state index is 12.7. The normalized spacial score (nSPS) is 11.9. The smallest absolute Gasteiger partial charge is 0.291 e. The predicted molar refractivity (Wildman–Crippen MR) is 115 cm³/mol. The minimum atomic E-state index is -0.340. The van der Waals surface area contributed by atoms with Gasteiger partial charge in [0.2, 0.25) is 5.91 Å². The van der Waals surface area contributed by atoms with Gasteiger partial charge in [-0.05, 0) is 60.7 Å². The molecule has 0 spiro atoms. The van der Waals surface area contributed by atoms with Crippen LogP contribution >= 0.6 is 0 Å². The van der Waals surface area contributed by atoms with E-state index in [1.165, 1.54) is 11.8 Å². The van der Waals surface area contributed by atoms with E-state index in [4.69, 9.17) is 4.42 Å². The molecule has 29 heavy (non-hydrogen) atoms. The molecular formula is C24H26N2O3. The largest absolute Gasteiger partial charge is 0.459 e. The fourth-order valence-corrected chi connectivity index (χ4v) is 3.09. The van der Waals surface area contributed by atoms with Crippen molar-refractivity contribution in [2.45, 2.75) is 33.1 Å². The van der Waals surface area contributed by atoms with Crippen molar-refractivity contribution in [1.29, 1.82) is 0 Å². The molecule has 150 valence electrons. The van der Waals surface area contributed by atoms with Crippen molar-refractivity contribution in [2.24, 2.45) is 5.92 Å². The standard InChI is InChI=1S/C24H26N2O3/c1-16(2)14-18-9-11-19(12-10-18)17(3)23(27)25-20-6-4-7-21(15-20)26-24(28)22-8-5-13-29-22/h4-13,15-17H,14H2,1-3H3,(H,25,27)(H,26,28). The Labute approximate surface area is 171 Å². The molecule has 5 nitrogen and oxygen atoms in total. The molecule has 0 fully saturated rings. The van der Waals surface area contributed by atoms with Gasteiger partial charge in [0.1, 0.15) is 0 Å². The number of carbonyl (C=O) groups excluding carboxylic acids is 2. The summed E-state index contributed by atoms with van der Waals surface area (Å²) >= 11 is 0. The summed E-state index contributed by atoms with van der Waals surface area (Å²) in [5, 5.41) is 5.68. The lowest BCUT2D eigenvalue weighted by atomic mass is 9.96. The zero-order valence-electron chi connectivity index (χ0n) is 16.9. The first-order valence-electron chi connectivity index (χ1n) is 9.77. The molecule has 3 aromatic rings. The van der Waals surface area contributed by atoms with E-state index in [0.717, 1.165) is 12.0 Å². The molecule has 0 aliphatic carbocycles. The zero-order chi connectivity index (χ0) is 20.8. The molecular weight excluding hydrogens is 364 g/mol. The lowest BCUT2D eigenvalue weighted by Gasteiger charge is -2.14. The van der Waals surface area contributed by atoms with E-state index >= 15 is 0 Å². The molecule has 0 aliphatic heterocycles. The highest BCUT2D eigenvalue weighted by Crippen LogP contribution is 2.21. The van der Waals surface area contributed by atoms with E-state index in [2.05, 4.69) is 36.6 Å². The van der Waals surface area contributed by atoms with Gasteiger partial charge >= 0.3 is 0 Å². The minimum Gasteiger partial charge on any atom is -0.459 e. The number of furan rings is 1. The molecule has 5 heteroatoms. The van der Waals surface area contributed by atoms with Crippen LogP contribution in [0.25, 0.3) is 0 Å². The van der Waals surface area contributed by atoms with Gasteiger partial charge in [0.25, 0.3) is 5.91 Å². The van der Waals surface area contributed by atoms with Crippen LogP contribution in [0.5, 0.6) is 0 Å². The number of amides is 2. The van der Waals surface area contributed by atoms with E-state index in [0.29, 0.717) is 17.3 Å². The van der Waals surface area contributed by atoms with E-state index in [9.17, 15) is 9.59 Å². The first-order valence-corrected chi connectivity index (χ1v) is 9.77. The summed E-state index contributed by atoms with van der Waals surface area (Å²) in [6, 6.07) is 18.5. The molecule has 1 unspecified atom stereocenters. The number of benzene rings is 2. The molecule has 3 rings (SSSR count). The van der Waals surface area contributed by atoms with Gasteiger partial charge in [-0.15, -0.1) is 0 Å². The van der Waals surface area contributed by atoms with Crippen molar-refractivity contribution in [3.05, 3.63) is 83.8 Å². The van der Waals surface area contributed by atoms with Crippen LogP contribution in [-0.4, -0.2) is 11.8 Å². The van der Waals surface area contributed by atoms with Gasteiger partial charge in [0, 0.05) is 11.4 Å². The van der Waals surface area contributed by atoms with Gasteiger partial charge in [0.15, 0.2) is 5.76 Å². The van der Waals surface area contributed by atoms with Gasteiger partial charge in [-0.3, -0.25) is 9.59 Å². The topological polar surface area (TPSA) is 71.3 Å². The highest BCUT2D eigenvalue weighted by atomic mass is 16.3. The number of rotatable bonds is 7. The van der Waals surface area contributed by atoms with Crippen LogP contribution in [0.15, 0.2) is 71.3 Å². The SMILES string of the molecule is CC(C)Cc1ccc(C(C)C(=O)Nc2cccc(NC(=O)c3ccco3)c2)cc1. The number of hydrogen-bond acceptors (Lipinski definition) is 3. The Balaban J connectivity index is 1.63. The van der Waals surface area contributed by atoms with Gasteiger partial charge in [-0.2, -0.15) is 0 Å². The van der Waals surface area contributed by atoms with E-state index in [-0.39, 0.29) is 23.5 Å². The average molecular weight is 390 g/mol. The third-order valence-electron chi connectivity index (χ3n) is 4.65. The molecule has 0 radical (unpaired) electrons. The van der Waals surface area contributed by atoms with Crippen molar-refractivity contribution in [3.63, 3.8) is 0 Å². The van der Waals surface area contributed by atoms with Crippen LogP contribution in [-0.2, 0) is 11.2 Å². The Hall–Kier alpha value is -3.34. The highest BCUT2D eigenvalue weighted by Gasteiger charge is 2.16. The van der Waals surface area contributed by atoms with Gasteiger partial charge in [0.05, 0.1) is 12.2 Å². The van der Waals surface area contributed by atoms with Crippen LogP contribution < -0.4 is 10.6 Å². The first kappa shape index (κ1) is 20.4. The molecule has 2 aromatic carbocycles. The molecule has 2 amide bonds. The third-order valence-corrected chi connectivity index (χ3v) is 4.65. The van der Waals surface area contributed by atoms with Crippen LogP contribution in [0.4, 0.5) is 11.4 Å². The minimum absolute atomic E-state index is 0.101. The fraction of sp³-hybridized carbons (Fsp3) is 0.250. The van der Waals surface area contributed by atoms with E-state index in [1.54, 1.807) is 36.4 Å². The summed E-state index contributed by atoms with van der Waals surface area (Å²) in [6.45, 7) is 6.26. The van der Waals surface area contributed by atoms with Crippen LogP contribution in [0.3, 0.4) is 0 Å². The van der Waals surface area contributed by atoms with E-state index < -0.39 is 0 Å². The van der Waals surface area contributed by atoms with Crippen molar-refractivity contribution in [3.8, 4) is 0 Å². The average Bonchev–Trinajstić information content (AvgIpc) is 3.23. The van der Waals surface area contributed by atoms with E-state index in [1.807, 2.05) is 19.1 Å². The van der Waals surface area contributed by atoms with Crippen molar-refractivity contribution < 1.29 is 14.0 Å². The van der Waals surface area contributed by atoms with Gasteiger partial charge in [-0.1, -0.05) is 44.2 Å². The lowest BCUT2D eigenvalue weighted by Crippen LogP contribution is -2.19. The third kappa shape index (κ3) is 5.57. The number of anilines is 2. The summed E-state index contributed by atoms with van der Waals surface area (Å²) in [4.78, 5) is 24.8. The molecule has 1 aromatic heterocycles. The summed E-state index contributed by atoms with van der Waals surface area (Å²) in [5.41, 5.74) is 3.44. The van der Waals surface area contributed by atoms with Gasteiger partial charge < -0.3 is 15.1 Å². The van der Waals surface area contributed by atoms with Crippen molar-refractivity contribution in [1.82, 2.24) is 0 Å². The maximum absolute atomic E-state index is 12.7. The molecule has 0 aliphatic rings. The number of hydrogen-bond donors (Lipinski definition) is 2. The second kappa shape index (κ2) is 9.24. The van der Waals surface area contributed by atoms with Crippen molar-refractivity contribution in [2.75, 3.05) is 10.6 Å². The monoisotopic (exact) mass is 390 g/mol. The maximum Gasteiger partial charge on any atom is 0.291 e. The quantitative estimate of drug-likeness (QED) is 0.562. The number of carbonyl (C=O) groups is 2. The summed E-state index contributed by atoms with van der Waals surface area (Å²) in [7, 11) is 0. The predicted octanol–water partition coefficient (Wildman–Crippen LogP) is 5.47. The molecule has 2 N–H and O–H groups in total. The summed E-state index contributed by atoms with van der Waals surface area (Å²) < 4.78 is 5.09. The lowest BCUT2D eigenvalue weighted by molar-refractivity contribution is -0.117. The van der Waals surface area contributed by atoms with Crippen LogP contribution in [0.1, 0.15) is 48.4 Å². The molecule has 1 heterocycles. The summed E-state index contributed by atoms with van der Waals surface area (Å²) in [5.74, 6) is 0.102. The Bertz CT molecular complexity index is 960. The number of nitrogens with one attached hydrogen (secondary N) is 2. The van der Waals surface area contributed by atoms with Crippen LogP contribution in [0.2, 0.25) is 0 Å². The summed E-state index contributed by atoms with van der Waals surface area (Å²) in [6.07, 6.45) is 2.47. The first-order chi connectivity index (χ1) is 13.9. The Morgan fingerprint density at radius 1 is 0.897 bits per heavy atom. The van der Waals surface area contributed by atoms with Crippen LogP contribution in [0, 0.1) is 5.92 Å². The molecule has 0 bridgehead atoms. The second-order valence-electron chi connectivity index (χ2n) is 7.56. The Morgan fingerprint density at radius 2 is 1.59 bits per heavy atom. The van der Waals surface area contributed by atoms with Gasteiger partial charge in [-0.25, -0.2) is 0 Å². The fourth-order valence-electron chi connectivity index (χ4n) is 3.09. The van der Waals surface area contributed by atoms with Crippen molar-refractivity contribution >= 4 is 23.2 Å². The molecule has 1 atom stereocenters. The molecule has 0 saturated heterocycles. The highest BCUT2D eigenvalue weighted by molar-refractivity contribution is 6.03. The Morgan fingerprint density at radius 3 is 2.21 bits per heavy atom.